The summed E-state index contributed by atoms with van der Waals surface area (Å²) in [6, 6.07) is 0.407. The first-order valence-corrected chi connectivity index (χ1v) is 6.68. The van der Waals surface area contributed by atoms with Gasteiger partial charge in [-0.3, -0.25) is 0 Å². The van der Waals surface area contributed by atoms with Crippen LogP contribution in [0, 0.1) is 12.8 Å². The van der Waals surface area contributed by atoms with Crippen molar-refractivity contribution in [2.75, 3.05) is 6.61 Å². The third kappa shape index (κ3) is 2.71. The Bertz CT molecular complexity index is 420. The first kappa shape index (κ1) is 13.1. The quantitative estimate of drug-likeness (QED) is 0.771. The number of rotatable bonds is 4. The van der Waals surface area contributed by atoms with Gasteiger partial charge in [0.1, 0.15) is 0 Å². The highest BCUT2D eigenvalue weighted by Gasteiger charge is 2.24. The standard InChI is InChI=1S/C13H21N3O2/c1-9(2)8-18-13(17)12-10(3)16(15-14-12)11-6-4-5-7-11/h9,11H,4-8H2,1-3H3. The minimum atomic E-state index is -0.356. The van der Waals surface area contributed by atoms with Crippen molar-refractivity contribution in [1.29, 1.82) is 0 Å². The summed E-state index contributed by atoms with van der Waals surface area (Å²) in [5.74, 6) is -0.0235. The molecule has 1 aliphatic carbocycles. The summed E-state index contributed by atoms with van der Waals surface area (Å²) in [4.78, 5) is 11.9. The van der Waals surface area contributed by atoms with Crippen LogP contribution in [0.3, 0.4) is 0 Å². The molecule has 0 saturated heterocycles. The van der Waals surface area contributed by atoms with Gasteiger partial charge in [0.2, 0.25) is 0 Å². The van der Waals surface area contributed by atoms with Crippen LogP contribution in [0.15, 0.2) is 0 Å². The van der Waals surface area contributed by atoms with Gasteiger partial charge in [0.05, 0.1) is 18.3 Å². The lowest BCUT2D eigenvalue weighted by Crippen LogP contribution is -2.13. The molecule has 1 aliphatic rings. The zero-order valence-corrected chi connectivity index (χ0v) is 11.3. The van der Waals surface area contributed by atoms with E-state index in [2.05, 4.69) is 10.3 Å². The van der Waals surface area contributed by atoms with E-state index in [0.717, 1.165) is 18.5 Å². The molecule has 0 aromatic carbocycles. The number of carbonyl (C=O) groups excluding carboxylic acids is 1. The highest BCUT2D eigenvalue weighted by molar-refractivity contribution is 5.88. The van der Waals surface area contributed by atoms with Crippen LogP contribution in [0.4, 0.5) is 0 Å². The lowest BCUT2D eigenvalue weighted by Gasteiger charge is -2.11. The largest absolute Gasteiger partial charge is 0.461 e. The van der Waals surface area contributed by atoms with Crippen LogP contribution in [-0.2, 0) is 4.74 Å². The fourth-order valence-electron chi connectivity index (χ4n) is 2.34. The Morgan fingerprint density at radius 1 is 1.44 bits per heavy atom. The molecule has 0 unspecified atom stereocenters. The zero-order chi connectivity index (χ0) is 13.1. The molecule has 0 N–H and O–H groups in total. The maximum atomic E-state index is 11.9. The van der Waals surface area contributed by atoms with Crippen LogP contribution in [0.25, 0.3) is 0 Å². The van der Waals surface area contributed by atoms with Crippen molar-refractivity contribution in [2.24, 2.45) is 5.92 Å². The molecule has 1 aromatic rings. The Hall–Kier alpha value is -1.39. The summed E-state index contributed by atoms with van der Waals surface area (Å²) in [7, 11) is 0. The minimum absolute atomic E-state index is 0.333. The number of aromatic nitrogens is 3. The molecule has 0 amide bonds. The van der Waals surface area contributed by atoms with E-state index in [1.165, 1.54) is 12.8 Å². The summed E-state index contributed by atoms with van der Waals surface area (Å²) < 4.78 is 7.08. The van der Waals surface area contributed by atoms with Gasteiger partial charge >= 0.3 is 5.97 Å². The highest BCUT2D eigenvalue weighted by Crippen LogP contribution is 2.30. The lowest BCUT2D eigenvalue weighted by molar-refractivity contribution is 0.0451. The number of hydrogen-bond donors (Lipinski definition) is 0. The van der Waals surface area contributed by atoms with Crippen molar-refractivity contribution in [3.63, 3.8) is 0 Å². The van der Waals surface area contributed by atoms with E-state index in [0.29, 0.717) is 24.3 Å². The normalized spacial score (nSPS) is 16.4. The van der Waals surface area contributed by atoms with Crippen molar-refractivity contribution in [3.05, 3.63) is 11.4 Å². The van der Waals surface area contributed by atoms with Crippen molar-refractivity contribution in [2.45, 2.75) is 52.5 Å². The highest BCUT2D eigenvalue weighted by atomic mass is 16.5. The van der Waals surface area contributed by atoms with Gasteiger partial charge in [-0.15, -0.1) is 5.10 Å². The third-order valence-electron chi connectivity index (χ3n) is 3.34. The molecule has 0 spiro atoms. The van der Waals surface area contributed by atoms with Gasteiger partial charge in [-0.2, -0.15) is 0 Å². The van der Waals surface area contributed by atoms with Crippen LogP contribution >= 0.6 is 0 Å². The molecule has 0 atom stereocenters. The number of ether oxygens (including phenoxy) is 1. The fraction of sp³-hybridized carbons (Fsp3) is 0.769. The molecule has 1 heterocycles. The van der Waals surface area contributed by atoms with Gasteiger partial charge in [0.15, 0.2) is 5.69 Å². The molecular formula is C13H21N3O2. The Morgan fingerprint density at radius 2 is 2.11 bits per heavy atom. The second-order valence-corrected chi connectivity index (χ2v) is 5.40. The third-order valence-corrected chi connectivity index (χ3v) is 3.34. The minimum Gasteiger partial charge on any atom is -0.461 e. The number of esters is 1. The molecule has 100 valence electrons. The van der Waals surface area contributed by atoms with Crippen molar-refractivity contribution >= 4 is 5.97 Å². The lowest BCUT2D eigenvalue weighted by atomic mass is 10.2. The molecular weight excluding hydrogens is 230 g/mol. The van der Waals surface area contributed by atoms with E-state index in [1.807, 2.05) is 25.5 Å². The monoisotopic (exact) mass is 251 g/mol. The summed E-state index contributed by atoms with van der Waals surface area (Å²) in [5, 5.41) is 8.09. The second kappa shape index (κ2) is 5.50. The second-order valence-electron chi connectivity index (χ2n) is 5.40. The summed E-state index contributed by atoms with van der Waals surface area (Å²) in [5.41, 5.74) is 1.19. The van der Waals surface area contributed by atoms with Crippen LogP contribution in [0.2, 0.25) is 0 Å². The van der Waals surface area contributed by atoms with Crippen LogP contribution < -0.4 is 0 Å². The Balaban J connectivity index is 2.07. The smallest absolute Gasteiger partial charge is 0.360 e. The van der Waals surface area contributed by atoms with E-state index >= 15 is 0 Å². The molecule has 0 radical (unpaired) electrons. The number of hydrogen-bond acceptors (Lipinski definition) is 4. The molecule has 0 aliphatic heterocycles. The molecule has 1 fully saturated rings. The van der Waals surface area contributed by atoms with Gasteiger partial charge < -0.3 is 4.74 Å². The van der Waals surface area contributed by atoms with E-state index < -0.39 is 0 Å². The first-order chi connectivity index (χ1) is 8.59. The molecule has 1 saturated carbocycles. The van der Waals surface area contributed by atoms with Crippen LogP contribution in [0.5, 0.6) is 0 Å². The Kier molecular flexibility index (Phi) is 3.99. The van der Waals surface area contributed by atoms with E-state index in [4.69, 9.17) is 4.74 Å². The van der Waals surface area contributed by atoms with Gasteiger partial charge in [-0.25, -0.2) is 9.48 Å². The Labute approximate surface area is 108 Å². The molecule has 5 heteroatoms. The summed E-state index contributed by atoms with van der Waals surface area (Å²) >= 11 is 0. The summed E-state index contributed by atoms with van der Waals surface area (Å²) in [6.45, 7) is 6.34. The SMILES string of the molecule is Cc1c(C(=O)OCC(C)C)nnn1C1CCCC1. The van der Waals surface area contributed by atoms with Gasteiger partial charge in [-0.05, 0) is 25.7 Å². The predicted octanol–water partition coefficient (Wildman–Crippen LogP) is 2.51. The maximum Gasteiger partial charge on any atom is 0.360 e. The summed E-state index contributed by atoms with van der Waals surface area (Å²) in [6.07, 6.45) is 4.73. The molecule has 0 bridgehead atoms. The fourth-order valence-corrected chi connectivity index (χ4v) is 2.34. The van der Waals surface area contributed by atoms with Crippen molar-refractivity contribution in [1.82, 2.24) is 15.0 Å². The number of nitrogens with zero attached hydrogens (tertiary/aromatic N) is 3. The molecule has 18 heavy (non-hydrogen) atoms. The van der Waals surface area contributed by atoms with Crippen molar-refractivity contribution in [3.8, 4) is 0 Å². The Morgan fingerprint density at radius 3 is 2.72 bits per heavy atom. The van der Waals surface area contributed by atoms with Crippen LogP contribution in [-0.4, -0.2) is 27.6 Å². The van der Waals surface area contributed by atoms with Gasteiger partial charge in [-0.1, -0.05) is 31.9 Å². The van der Waals surface area contributed by atoms with Gasteiger partial charge in [0.25, 0.3) is 0 Å². The van der Waals surface area contributed by atoms with Crippen molar-refractivity contribution < 1.29 is 9.53 Å². The van der Waals surface area contributed by atoms with E-state index in [9.17, 15) is 4.79 Å². The molecule has 2 rings (SSSR count). The molecule has 5 nitrogen and oxygen atoms in total. The van der Waals surface area contributed by atoms with E-state index in [1.54, 1.807) is 0 Å². The van der Waals surface area contributed by atoms with Crippen LogP contribution in [0.1, 0.15) is 61.8 Å². The average molecular weight is 251 g/mol. The number of carbonyl (C=O) groups is 1. The topological polar surface area (TPSA) is 57.0 Å². The molecule has 1 aromatic heterocycles. The maximum absolute atomic E-state index is 11.9. The zero-order valence-electron chi connectivity index (χ0n) is 11.3. The van der Waals surface area contributed by atoms with Gasteiger partial charge in [0, 0.05) is 0 Å². The average Bonchev–Trinajstić information content (AvgIpc) is 2.94. The van der Waals surface area contributed by atoms with E-state index in [-0.39, 0.29) is 5.97 Å². The first-order valence-electron chi connectivity index (χ1n) is 6.68. The predicted molar refractivity (Wildman–Crippen MR) is 67.4 cm³/mol.